The summed E-state index contributed by atoms with van der Waals surface area (Å²) in [4.78, 5) is 0. The number of nitrogens with zero attached hydrogens (tertiary/aromatic N) is 2. The molecule has 0 aliphatic heterocycles. The lowest BCUT2D eigenvalue weighted by Gasteiger charge is -2.13. The van der Waals surface area contributed by atoms with Gasteiger partial charge in [0.15, 0.2) is 0 Å². The van der Waals surface area contributed by atoms with Crippen molar-refractivity contribution >= 4 is 0 Å². The molecular weight excluding hydrogens is 284 g/mol. The van der Waals surface area contributed by atoms with Crippen molar-refractivity contribution in [2.24, 2.45) is 0 Å². The van der Waals surface area contributed by atoms with Gasteiger partial charge in [0.05, 0.1) is 11.4 Å². The highest BCUT2D eigenvalue weighted by Crippen LogP contribution is 2.23. The molecule has 1 heterocycles. The molecule has 23 heavy (non-hydrogen) atoms. The van der Waals surface area contributed by atoms with Crippen LogP contribution in [0, 0.1) is 27.7 Å². The maximum Gasteiger partial charge on any atom is 0.122 e. The Bertz CT molecular complexity index is 833. The van der Waals surface area contributed by atoms with Crippen LogP contribution in [-0.2, 0) is 6.61 Å². The molecule has 0 atom stereocenters. The Labute approximate surface area is 137 Å². The minimum atomic E-state index is 0.590. The number of aromatic nitrogens is 2. The van der Waals surface area contributed by atoms with Gasteiger partial charge in [0.1, 0.15) is 12.4 Å². The smallest absolute Gasteiger partial charge is 0.122 e. The van der Waals surface area contributed by atoms with Crippen molar-refractivity contribution in [1.82, 2.24) is 9.78 Å². The van der Waals surface area contributed by atoms with Crippen molar-refractivity contribution < 1.29 is 4.74 Å². The van der Waals surface area contributed by atoms with Crippen molar-refractivity contribution in [3.05, 3.63) is 76.6 Å². The fraction of sp³-hybridized carbons (Fsp3) is 0.250. The molecule has 0 saturated heterocycles. The Hall–Kier alpha value is -2.55. The summed E-state index contributed by atoms with van der Waals surface area (Å²) < 4.78 is 7.97. The van der Waals surface area contributed by atoms with Crippen molar-refractivity contribution in [2.75, 3.05) is 0 Å². The molecule has 3 aromatic rings. The molecule has 0 saturated carbocycles. The van der Waals surface area contributed by atoms with Crippen LogP contribution in [0.2, 0.25) is 0 Å². The van der Waals surface area contributed by atoms with E-state index in [9.17, 15) is 0 Å². The molecule has 0 bridgehead atoms. The van der Waals surface area contributed by atoms with Crippen LogP contribution in [0.25, 0.3) is 5.69 Å². The maximum absolute atomic E-state index is 6.00. The normalized spacial score (nSPS) is 10.8. The molecule has 3 rings (SSSR count). The van der Waals surface area contributed by atoms with E-state index >= 15 is 0 Å². The predicted octanol–water partition coefficient (Wildman–Crippen LogP) is 4.68. The van der Waals surface area contributed by atoms with Gasteiger partial charge in [-0.3, -0.25) is 0 Å². The summed E-state index contributed by atoms with van der Waals surface area (Å²) in [7, 11) is 0. The summed E-state index contributed by atoms with van der Waals surface area (Å²) in [6.07, 6.45) is 0. The highest BCUT2D eigenvalue weighted by Gasteiger charge is 2.07. The topological polar surface area (TPSA) is 27.1 Å². The van der Waals surface area contributed by atoms with Crippen LogP contribution in [-0.4, -0.2) is 9.78 Å². The van der Waals surface area contributed by atoms with E-state index in [2.05, 4.69) is 56.2 Å². The highest BCUT2D eigenvalue weighted by molar-refractivity contribution is 5.44. The number of hydrogen-bond acceptors (Lipinski definition) is 2. The minimum absolute atomic E-state index is 0.590. The monoisotopic (exact) mass is 306 g/mol. The lowest BCUT2D eigenvalue weighted by molar-refractivity contribution is 0.303. The second-order valence-corrected chi connectivity index (χ2v) is 6.00. The fourth-order valence-electron chi connectivity index (χ4n) is 2.75. The van der Waals surface area contributed by atoms with Gasteiger partial charge in [-0.25, -0.2) is 4.68 Å². The van der Waals surface area contributed by atoms with E-state index in [-0.39, 0.29) is 0 Å². The van der Waals surface area contributed by atoms with Crippen LogP contribution in [0.15, 0.2) is 48.5 Å². The number of rotatable bonds is 4. The van der Waals surface area contributed by atoms with E-state index in [0.717, 1.165) is 28.4 Å². The van der Waals surface area contributed by atoms with Gasteiger partial charge in [-0.05, 0) is 68.7 Å². The zero-order valence-electron chi connectivity index (χ0n) is 14.1. The number of hydrogen-bond donors (Lipinski definition) is 0. The quantitative estimate of drug-likeness (QED) is 0.699. The molecule has 3 nitrogen and oxygen atoms in total. The van der Waals surface area contributed by atoms with E-state index in [4.69, 9.17) is 4.74 Å². The lowest BCUT2D eigenvalue weighted by atomic mass is 10.1. The second kappa shape index (κ2) is 6.29. The molecule has 0 N–H and O–H groups in total. The van der Waals surface area contributed by atoms with Crippen LogP contribution < -0.4 is 4.74 Å². The van der Waals surface area contributed by atoms with E-state index in [1.54, 1.807) is 0 Å². The first-order chi connectivity index (χ1) is 11.0. The summed E-state index contributed by atoms with van der Waals surface area (Å²) in [5, 5.41) is 4.53. The van der Waals surface area contributed by atoms with Gasteiger partial charge in [-0.1, -0.05) is 24.3 Å². The van der Waals surface area contributed by atoms with Gasteiger partial charge in [0, 0.05) is 5.69 Å². The number of ether oxygens (including phenoxy) is 1. The standard InChI is InChI=1S/C20H22N2O/c1-14-7-5-6-8-18(14)13-23-20-10-9-19(11-15(20)2)22-17(4)12-16(3)21-22/h5-12H,13H2,1-4H3. The third-order valence-electron chi connectivity index (χ3n) is 4.06. The average molecular weight is 306 g/mol. The van der Waals surface area contributed by atoms with E-state index in [1.165, 1.54) is 11.1 Å². The van der Waals surface area contributed by atoms with E-state index in [1.807, 2.05) is 29.8 Å². The second-order valence-electron chi connectivity index (χ2n) is 6.00. The van der Waals surface area contributed by atoms with Crippen LogP contribution in [0.3, 0.4) is 0 Å². The first-order valence-electron chi connectivity index (χ1n) is 7.86. The zero-order chi connectivity index (χ0) is 16.4. The van der Waals surface area contributed by atoms with E-state index in [0.29, 0.717) is 6.61 Å². The Balaban J connectivity index is 1.80. The summed E-state index contributed by atoms with van der Waals surface area (Å²) in [5.41, 5.74) is 6.81. The van der Waals surface area contributed by atoms with Crippen molar-refractivity contribution in [2.45, 2.75) is 34.3 Å². The number of aryl methyl sites for hydroxylation is 4. The summed E-state index contributed by atoms with van der Waals surface area (Å²) in [5.74, 6) is 0.915. The largest absolute Gasteiger partial charge is 0.489 e. The minimum Gasteiger partial charge on any atom is -0.489 e. The van der Waals surface area contributed by atoms with Gasteiger partial charge >= 0.3 is 0 Å². The lowest BCUT2D eigenvalue weighted by Crippen LogP contribution is -2.02. The highest BCUT2D eigenvalue weighted by atomic mass is 16.5. The molecule has 1 aromatic heterocycles. The Morgan fingerprint density at radius 3 is 2.35 bits per heavy atom. The fourth-order valence-corrected chi connectivity index (χ4v) is 2.75. The van der Waals surface area contributed by atoms with Crippen molar-refractivity contribution in [1.29, 1.82) is 0 Å². The average Bonchev–Trinajstić information content (AvgIpc) is 2.86. The van der Waals surface area contributed by atoms with Gasteiger partial charge in [-0.15, -0.1) is 0 Å². The molecule has 0 unspecified atom stereocenters. The SMILES string of the molecule is Cc1cc(C)n(-c2ccc(OCc3ccccc3C)c(C)c2)n1. The first-order valence-corrected chi connectivity index (χ1v) is 7.86. The Morgan fingerprint density at radius 2 is 1.70 bits per heavy atom. The van der Waals surface area contributed by atoms with Gasteiger partial charge in [0.2, 0.25) is 0 Å². The third-order valence-corrected chi connectivity index (χ3v) is 4.06. The molecule has 0 aliphatic rings. The van der Waals surface area contributed by atoms with Gasteiger partial charge < -0.3 is 4.74 Å². The molecule has 0 radical (unpaired) electrons. The van der Waals surface area contributed by atoms with Crippen molar-refractivity contribution in [3.8, 4) is 11.4 Å². The van der Waals surface area contributed by atoms with Crippen molar-refractivity contribution in [3.63, 3.8) is 0 Å². The summed E-state index contributed by atoms with van der Waals surface area (Å²) in [6.45, 7) is 8.85. The summed E-state index contributed by atoms with van der Waals surface area (Å²) >= 11 is 0. The molecule has 3 heteroatoms. The third kappa shape index (κ3) is 3.29. The van der Waals surface area contributed by atoms with E-state index < -0.39 is 0 Å². The summed E-state index contributed by atoms with van der Waals surface area (Å²) in [6, 6.07) is 16.6. The maximum atomic E-state index is 6.00. The molecule has 0 amide bonds. The van der Waals surface area contributed by atoms with Crippen LogP contribution in [0.1, 0.15) is 28.1 Å². The van der Waals surface area contributed by atoms with Crippen LogP contribution >= 0.6 is 0 Å². The van der Waals surface area contributed by atoms with Crippen LogP contribution in [0.4, 0.5) is 0 Å². The molecule has 2 aromatic carbocycles. The van der Waals surface area contributed by atoms with Crippen LogP contribution in [0.5, 0.6) is 5.75 Å². The van der Waals surface area contributed by atoms with Gasteiger partial charge in [-0.2, -0.15) is 5.10 Å². The Kier molecular flexibility index (Phi) is 4.20. The Morgan fingerprint density at radius 1 is 0.913 bits per heavy atom. The van der Waals surface area contributed by atoms with Gasteiger partial charge in [0.25, 0.3) is 0 Å². The molecule has 0 spiro atoms. The molecule has 0 fully saturated rings. The molecular formula is C20H22N2O. The zero-order valence-corrected chi connectivity index (χ0v) is 14.1. The molecule has 0 aliphatic carbocycles. The molecule has 118 valence electrons. The first kappa shape index (κ1) is 15.3. The number of benzene rings is 2. The predicted molar refractivity (Wildman–Crippen MR) is 93.3 cm³/mol.